The highest BCUT2D eigenvalue weighted by Crippen LogP contribution is 2.33. The molecule has 0 amide bonds. The lowest BCUT2D eigenvalue weighted by Crippen LogP contribution is -2.27. The summed E-state index contributed by atoms with van der Waals surface area (Å²) >= 11 is 0.881. The third-order valence-electron chi connectivity index (χ3n) is 6.81. The van der Waals surface area contributed by atoms with Gasteiger partial charge >= 0.3 is 4.87 Å². The number of hydrogen-bond acceptors (Lipinski definition) is 9. The third kappa shape index (κ3) is 5.40. The first kappa shape index (κ1) is 28.7. The molecule has 0 atom stereocenters. The smallest absolute Gasteiger partial charge is 0.307 e. The monoisotopic (exact) mass is 589 g/mol. The van der Waals surface area contributed by atoms with Crippen molar-refractivity contribution >= 4 is 27.9 Å². The molecule has 0 fully saturated rings. The molecule has 0 aliphatic carbocycles. The highest BCUT2D eigenvalue weighted by atomic mass is 32.1. The second-order valence-corrected chi connectivity index (χ2v) is 10.5. The Morgan fingerprint density at radius 3 is 2.60 bits per heavy atom. The van der Waals surface area contributed by atoms with Gasteiger partial charge < -0.3 is 19.3 Å². The highest BCUT2D eigenvalue weighted by molar-refractivity contribution is 7.10. The molecular formula is C30H31N5O6S. The molecule has 2 N–H and O–H groups in total. The van der Waals surface area contributed by atoms with Crippen molar-refractivity contribution < 1.29 is 19.3 Å². The standard InChI is InChI=1S/C30H31N5O6S/c1-6-8-21-24-25(34(3)33-21)29(37)35(27(31-24)19-11-12-22(39-4)23(16-19)40-5)13-14-41-20-10-7-9-18(15-20)17(2)26-28(36)32-30(38)42-26/h7,9-12,15-16,36H,2,6,8,13-14H2,1,3-5H3,(H,32,38). The van der Waals surface area contributed by atoms with E-state index in [-0.39, 0.29) is 29.5 Å². The zero-order valence-electron chi connectivity index (χ0n) is 23.8. The molecule has 5 aromatic rings. The summed E-state index contributed by atoms with van der Waals surface area (Å²) in [5, 5.41) is 14.6. The number of H-pyrrole nitrogens is 1. The van der Waals surface area contributed by atoms with Gasteiger partial charge in [0.2, 0.25) is 5.88 Å². The van der Waals surface area contributed by atoms with Crippen LogP contribution in [0.2, 0.25) is 0 Å². The molecule has 11 nitrogen and oxygen atoms in total. The van der Waals surface area contributed by atoms with Crippen molar-refractivity contribution in [2.75, 3.05) is 20.8 Å². The van der Waals surface area contributed by atoms with Crippen LogP contribution < -0.4 is 24.6 Å². The van der Waals surface area contributed by atoms with E-state index < -0.39 is 0 Å². The van der Waals surface area contributed by atoms with Crippen LogP contribution in [0, 0.1) is 0 Å². The lowest BCUT2D eigenvalue weighted by atomic mass is 10.1. The van der Waals surface area contributed by atoms with Crippen LogP contribution in [0.4, 0.5) is 0 Å². The lowest BCUT2D eigenvalue weighted by molar-refractivity contribution is 0.296. The number of aromatic nitrogens is 5. The van der Waals surface area contributed by atoms with Crippen molar-refractivity contribution in [2.45, 2.75) is 26.3 Å². The number of benzene rings is 2. The van der Waals surface area contributed by atoms with E-state index in [1.54, 1.807) is 60.8 Å². The van der Waals surface area contributed by atoms with E-state index in [0.717, 1.165) is 23.5 Å². The van der Waals surface area contributed by atoms with Crippen LogP contribution in [0.1, 0.15) is 29.5 Å². The van der Waals surface area contributed by atoms with Crippen LogP contribution in [-0.4, -0.2) is 50.2 Å². The number of ether oxygens (including phenoxy) is 3. The largest absolute Gasteiger partial charge is 0.493 e. The minimum Gasteiger partial charge on any atom is -0.493 e. The molecule has 0 spiro atoms. The van der Waals surface area contributed by atoms with Crippen molar-refractivity contribution in [1.82, 2.24) is 24.3 Å². The Morgan fingerprint density at radius 2 is 1.90 bits per heavy atom. The zero-order chi connectivity index (χ0) is 30.0. The van der Waals surface area contributed by atoms with E-state index in [0.29, 0.717) is 62.1 Å². The van der Waals surface area contributed by atoms with Crippen molar-refractivity contribution in [2.24, 2.45) is 7.05 Å². The maximum Gasteiger partial charge on any atom is 0.307 e. The first-order valence-corrected chi connectivity index (χ1v) is 14.1. The van der Waals surface area contributed by atoms with Gasteiger partial charge in [0.05, 0.1) is 31.3 Å². The molecule has 12 heteroatoms. The number of nitrogens with zero attached hydrogens (tertiary/aromatic N) is 4. The Labute approximate surface area is 245 Å². The van der Waals surface area contributed by atoms with Crippen LogP contribution in [0.5, 0.6) is 23.1 Å². The number of aromatic amines is 1. The van der Waals surface area contributed by atoms with Crippen molar-refractivity contribution in [1.29, 1.82) is 0 Å². The van der Waals surface area contributed by atoms with Gasteiger partial charge in [-0.1, -0.05) is 43.4 Å². The summed E-state index contributed by atoms with van der Waals surface area (Å²) in [6, 6.07) is 12.6. The molecule has 0 saturated heterocycles. The fourth-order valence-electron chi connectivity index (χ4n) is 4.81. The Kier molecular flexibility index (Phi) is 8.16. The highest BCUT2D eigenvalue weighted by Gasteiger charge is 2.21. The van der Waals surface area contributed by atoms with Crippen LogP contribution in [0.25, 0.3) is 28.0 Å². The molecule has 0 aliphatic rings. The number of hydrogen-bond donors (Lipinski definition) is 2. The molecule has 3 heterocycles. The first-order chi connectivity index (χ1) is 20.2. The summed E-state index contributed by atoms with van der Waals surface area (Å²) in [6.07, 6.45) is 1.56. The number of methoxy groups -OCH3 is 2. The zero-order valence-corrected chi connectivity index (χ0v) is 24.6. The minimum absolute atomic E-state index is 0.158. The summed E-state index contributed by atoms with van der Waals surface area (Å²) in [7, 11) is 4.87. The van der Waals surface area contributed by atoms with Gasteiger partial charge in [-0.2, -0.15) is 5.10 Å². The SMILES string of the molecule is C=C(c1cccc(OCCn2c(-c3ccc(OC)c(OC)c3)nc3c(CCC)nn(C)c3c2=O)c1)c1sc(=O)[nH]c1O. The van der Waals surface area contributed by atoms with E-state index >= 15 is 0 Å². The molecule has 3 aromatic heterocycles. The van der Waals surface area contributed by atoms with Crippen molar-refractivity contribution in [3.63, 3.8) is 0 Å². The van der Waals surface area contributed by atoms with E-state index in [9.17, 15) is 14.7 Å². The molecule has 0 unspecified atom stereocenters. The Morgan fingerprint density at radius 1 is 1.12 bits per heavy atom. The van der Waals surface area contributed by atoms with Gasteiger partial charge in [-0.05, 0) is 47.9 Å². The summed E-state index contributed by atoms with van der Waals surface area (Å²) in [4.78, 5) is 32.8. The maximum absolute atomic E-state index is 13.9. The van der Waals surface area contributed by atoms with Crippen LogP contribution in [-0.2, 0) is 20.0 Å². The Hall–Kier alpha value is -4.84. The number of aromatic hydroxyl groups is 1. The van der Waals surface area contributed by atoms with Gasteiger partial charge in [0, 0.05) is 12.6 Å². The van der Waals surface area contributed by atoms with E-state index in [1.807, 2.05) is 12.1 Å². The van der Waals surface area contributed by atoms with E-state index in [2.05, 4.69) is 23.6 Å². The number of rotatable bonds is 11. The van der Waals surface area contributed by atoms with E-state index in [1.165, 1.54) is 0 Å². The second kappa shape index (κ2) is 12.0. The van der Waals surface area contributed by atoms with Crippen molar-refractivity contribution in [3.8, 4) is 34.5 Å². The minimum atomic E-state index is -0.368. The lowest BCUT2D eigenvalue weighted by Gasteiger charge is -2.16. The van der Waals surface area contributed by atoms with Crippen molar-refractivity contribution in [3.05, 3.63) is 85.2 Å². The Balaban J connectivity index is 1.49. The summed E-state index contributed by atoms with van der Waals surface area (Å²) in [5.74, 6) is 1.86. The topological polar surface area (TPSA) is 133 Å². The van der Waals surface area contributed by atoms with Crippen LogP contribution in [0.3, 0.4) is 0 Å². The fourth-order valence-corrected chi connectivity index (χ4v) is 5.53. The predicted octanol–water partition coefficient (Wildman–Crippen LogP) is 4.36. The van der Waals surface area contributed by atoms with E-state index in [4.69, 9.17) is 19.2 Å². The fraction of sp³-hybridized carbons (Fsp3) is 0.267. The summed E-state index contributed by atoms with van der Waals surface area (Å²) in [5.41, 5.74) is 3.39. The molecular weight excluding hydrogens is 558 g/mol. The summed E-state index contributed by atoms with van der Waals surface area (Å²) < 4.78 is 20.1. The molecule has 0 radical (unpaired) electrons. The van der Waals surface area contributed by atoms with Gasteiger partial charge in [-0.25, -0.2) is 4.98 Å². The van der Waals surface area contributed by atoms with Gasteiger partial charge in [0.15, 0.2) is 17.0 Å². The number of aryl methyl sites for hydroxylation is 2. The maximum atomic E-state index is 13.9. The number of nitrogens with one attached hydrogen (secondary N) is 1. The normalized spacial score (nSPS) is 11.1. The molecule has 2 aromatic carbocycles. The van der Waals surface area contributed by atoms with Crippen LogP contribution in [0.15, 0.2) is 58.6 Å². The van der Waals surface area contributed by atoms with Gasteiger partial charge in [-0.3, -0.25) is 23.8 Å². The van der Waals surface area contributed by atoms with Gasteiger partial charge in [0.1, 0.15) is 23.7 Å². The van der Waals surface area contributed by atoms with Crippen LogP contribution >= 0.6 is 11.3 Å². The van der Waals surface area contributed by atoms with Gasteiger partial charge in [0.25, 0.3) is 5.56 Å². The second-order valence-electron chi connectivity index (χ2n) is 9.53. The summed E-state index contributed by atoms with van der Waals surface area (Å²) in [6.45, 7) is 6.44. The first-order valence-electron chi connectivity index (χ1n) is 13.3. The molecule has 218 valence electrons. The number of thiazole rings is 1. The number of fused-ring (bicyclic) bond motifs is 1. The molecule has 0 bridgehead atoms. The molecule has 0 aliphatic heterocycles. The van der Waals surface area contributed by atoms with Gasteiger partial charge in [-0.15, -0.1) is 0 Å². The predicted molar refractivity (Wildman–Crippen MR) is 162 cm³/mol. The average molecular weight is 590 g/mol. The quantitative estimate of drug-likeness (QED) is 0.232. The third-order valence-corrected chi connectivity index (χ3v) is 7.74. The average Bonchev–Trinajstić information content (AvgIpc) is 3.50. The molecule has 5 rings (SSSR count). The molecule has 42 heavy (non-hydrogen) atoms. The molecule has 0 saturated carbocycles. The Bertz CT molecular complexity index is 1900.